The van der Waals surface area contributed by atoms with Gasteiger partial charge in [0.1, 0.15) is 5.69 Å². The molecule has 2 N–H and O–H groups in total. The molecule has 0 spiro atoms. The normalized spacial score (nSPS) is 19.3. The van der Waals surface area contributed by atoms with Crippen LogP contribution in [0.15, 0.2) is 18.2 Å². The second-order valence-corrected chi connectivity index (χ2v) is 5.73. The van der Waals surface area contributed by atoms with E-state index in [4.69, 9.17) is 5.73 Å². The highest BCUT2D eigenvalue weighted by atomic mass is 32.2. The Morgan fingerprint density at radius 2 is 2.39 bits per heavy atom. The van der Waals surface area contributed by atoms with Gasteiger partial charge in [0.15, 0.2) is 0 Å². The molecule has 0 amide bonds. The zero-order valence-corrected chi connectivity index (χ0v) is 11.2. The maximum absolute atomic E-state index is 10.7. The number of nitro groups is 1. The maximum atomic E-state index is 10.7. The van der Waals surface area contributed by atoms with Gasteiger partial charge in [-0.05, 0) is 30.9 Å². The fraction of sp³-hybridized carbons (Fsp3) is 0.500. The summed E-state index contributed by atoms with van der Waals surface area (Å²) in [6.07, 6.45) is 1.21. The van der Waals surface area contributed by atoms with Gasteiger partial charge in [-0.25, -0.2) is 0 Å². The minimum absolute atomic E-state index is 0.0159. The van der Waals surface area contributed by atoms with Gasteiger partial charge in [-0.1, -0.05) is 6.07 Å². The first-order valence-electron chi connectivity index (χ1n) is 5.88. The van der Waals surface area contributed by atoms with Crippen LogP contribution in [0.2, 0.25) is 0 Å². The van der Waals surface area contributed by atoms with Crippen LogP contribution in [0.5, 0.6) is 0 Å². The van der Waals surface area contributed by atoms with Crippen LogP contribution in [0.4, 0.5) is 11.4 Å². The van der Waals surface area contributed by atoms with Crippen LogP contribution in [-0.2, 0) is 6.54 Å². The Morgan fingerprint density at radius 3 is 2.94 bits per heavy atom. The molecule has 18 heavy (non-hydrogen) atoms. The summed E-state index contributed by atoms with van der Waals surface area (Å²) in [5.41, 5.74) is 6.94. The molecule has 1 aliphatic heterocycles. The van der Waals surface area contributed by atoms with Crippen LogP contribution in [-0.4, -0.2) is 34.4 Å². The molecule has 1 fully saturated rings. The van der Waals surface area contributed by atoms with Crippen molar-refractivity contribution in [2.45, 2.75) is 19.0 Å². The highest BCUT2D eigenvalue weighted by Gasteiger charge is 2.20. The van der Waals surface area contributed by atoms with Gasteiger partial charge in [-0.15, -0.1) is 0 Å². The maximum Gasteiger partial charge on any atom is 0.292 e. The van der Waals surface area contributed by atoms with Crippen molar-refractivity contribution >= 4 is 23.1 Å². The summed E-state index contributed by atoms with van der Waals surface area (Å²) in [5.74, 6) is 2.39. The monoisotopic (exact) mass is 267 g/mol. The highest BCUT2D eigenvalue weighted by Crippen LogP contribution is 2.25. The van der Waals surface area contributed by atoms with Crippen molar-refractivity contribution in [3.63, 3.8) is 0 Å². The topological polar surface area (TPSA) is 72.4 Å². The van der Waals surface area contributed by atoms with E-state index >= 15 is 0 Å². The third-order valence-corrected chi connectivity index (χ3v) is 4.39. The van der Waals surface area contributed by atoms with Gasteiger partial charge in [0, 0.05) is 24.4 Å². The molecule has 1 unspecified atom stereocenters. The Bertz CT molecular complexity index is 447. The van der Waals surface area contributed by atoms with Gasteiger partial charge >= 0.3 is 0 Å². The molecular formula is C12H17N3O2S. The van der Waals surface area contributed by atoms with E-state index in [1.165, 1.54) is 24.0 Å². The van der Waals surface area contributed by atoms with E-state index in [1.54, 1.807) is 12.1 Å². The van der Waals surface area contributed by atoms with Gasteiger partial charge in [0.2, 0.25) is 0 Å². The molecule has 0 radical (unpaired) electrons. The molecule has 0 aromatic heterocycles. The summed E-state index contributed by atoms with van der Waals surface area (Å²) < 4.78 is 0. The molecule has 5 nitrogen and oxygen atoms in total. The minimum atomic E-state index is -0.448. The predicted octanol–water partition coefficient (Wildman–Crippen LogP) is 2.11. The van der Waals surface area contributed by atoms with Gasteiger partial charge < -0.3 is 5.73 Å². The van der Waals surface area contributed by atoms with E-state index in [2.05, 4.69) is 11.9 Å². The van der Waals surface area contributed by atoms with Crippen molar-refractivity contribution in [2.75, 3.05) is 24.3 Å². The van der Waals surface area contributed by atoms with Crippen LogP contribution in [0, 0.1) is 10.1 Å². The number of nitrogen functional groups attached to an aromatic ring is 1. The summed E-state index contributed by atoms with van der Waals surface area (Å²) in [6, 6.07) is 5.58. The molecule has 98 valence electrons. The Balaban J connectivity index is 2.05. The molecule has 2 rings (SSSR count). The second-order valence-electron chi connectivity index (χ2n) is 4.58. The van der Waals surface area contributed by atoms with E-state index in [1.807, 2.05) is 11.8 Å². The van der Waals surface area contributed by atoms with Crippen molar-refractivity contribution in [2.24, 2.45) is 0 Å². The lowest BCUT2D eigenvalue weighted by Crippen LogP contribution is -2.30. The molecule has 1 aromatic rings. The average molecular weight is 267 g/mol. The van der Waals surface area contributed by atoms with Crippen LogP contribution in [0.25, 0.3) is 0 Å². The van der Waals surface area contributed by atoms with E-state index in [9.17, 15) is 10.1 Å². The lowest BCUT2D eigenvalue weighted by Gasteiger charge is -2.23. The number of rotatable bonds is 4. The summed E-state index contributed by atoms with van der Waals surface area (Å²) in [7, 11) is 2.09. The molecular weight excluding hydrogens is 250 g/mol. The molecule has 1 heterocycles. The smallest absolute Gasteiger partial charge is 0.292 e. The Hall–Kier alpha value is -1.27. The van der Waals surface area contributed by atoms with Gasteiger partial charge in [-0.3, -0.25) is 15.0 Å². The van der Waals surface area contributed by atoms with E-state index < -0.39 is 4.92 Å². The molecule has 1 aromatic carbocycles. The molecule has 1 saturated heterocycles. The lowest BCUT2D eigenvalue weighted by atomic mass is 10.1. The van der Waals surface area contributed by atoms with Crippen LogP contribution in [0.1, 0.15) is 12.0 Å². The van der Waals surface area contributed by atoms with Crippen LogP contribution >= 0.6 is 11.8 Å². The number of nitro benzene ring substituents is 1. The Morgan fingerprint density at radius 1 is 1.61 bits per heavy atom. The summed E-state index contributed by atoms with van der Waals surface area (Å²) in [5, 5.41) is 10.7. The van der Waals surface area contributed by atoms with Crippen molar-refractivity contribution in [3.8, 4) is 0 Å². The van der Waals surface area contributed by atoms with Gasteiger partial charge in [0.25, 0.3) is 5.69 Å². The molecule has 1 aliphatic rings. The van der Waals surface area contributed by atoms with Gasteiger partial charge in [-0.2, -0.15) is 11.8 Å². The number of nitrogens with two attached hydrogens (primary N) is 1. The summed E-state index contributed by atoms with van der Waals surface area (Å²) in [6.45, 7) is 0.785. The standard InChI is InChI=1S/C12H17N3O2S/c1-14(10-4-5-18-8-10)7-9-2-3-12(15(16)17)11(13)6-9/h2-3,6,10H,4-5,7-8,13H2,1H3. The second kappa shape index (κ2) is 5.58. The summed E-state index contributed by atoms with van der Waals surface area (Å²) in [4.78, 5) is 12.5. The first-order chi connectivity index (χ1) is 8.58. The van der Waals surface area contributed by atoms with Crippen molar-refractivity contribution in [1.29, 1.82) is 0 Å². The van der Waals surface area contributed by atoms with Crippen molar-refractivity contribution in [1.82, 2.24) is 4.90 Å². The molecule has 0 aliphatic carbocycles. The SMILES string of the molecule is CN(Cc1ccc([N+](=O)[O-])c(N)c1)C1CCSC1. The van der Waals surface area contributed by atoms with Crippen LogP contribution in [0.3, 0.4) is 0 Å². The zero-order valence-electron chi connectivity index (χ0n) is 10.3. The zero-order chi connectivity index (χ0) is 13.1. The number of nitrogens with zero attached hydrogens (tertiary/aromatic N) is 2. The quantitative estimate of drug-likeness (QED) is 0.514. The van der Waals surface area contributed by atoms with Gasteiger partial charge in [0.05, 0.1) is 4.92 Å². The molecule has 6 heteroatoms. The van der Waals surface area contributed by atoms with Crippen molar-refractivity contribution in [3.05, 3.63) is 33.9 Å². The molecule has 0 bridgehead atoms. The number of hydrogen-bond donors (Lipinski definition) is 1. The fourth-order valence-electron chi connectivity index (χ4n) is 2.16. The van der Waals surface area contributed by atoms with E-state index in [0.717, 1.165) is 12.1 Å². The fourth-order valence-corrected chi connectivity index (χ4v) is 3.45. The lowest BCUT2D eigenvalue weighted by molar-refractivity contribution is -0.383. The highest BCUT2D eigenvalue weighted by molar-refractivity contribution is 7.99. The minimum Gasteiger partial charge on any atom is -0.393 e. The Labute approximate surface area is 110 Å². The predicted molar refractivity (Wildman–Crippen MR) is 74.7 cm³/mol. The first kappa shape index (κ1) is 13.2. The number of benzene rings is 1. The third kappa shape index (κ3) is 2.94. The molecule has 1 atom stereocenters. The van der Waals surface area contributed by atoms with Crippen LogP contribution < -0.4 is 5.73 Å². The summed E-state index contributed by atoms with van der Waals surface area (Å²) >= 11 is 1.97. The van der Waals surface area contributed by atoms with Crippen molar-refractivity contribution < 1.29 is 4.92 Å². The van der Waals surface area contributed by atoms with E-state index in [-0.39, 0.29) is 11.4 Å². The molecule has 0 saturated carbocycles. The number of anilines is 1. The third-order valence-electron chi connectivity index (χ3n) is 3.25. The largest absolute Gasteiger partial charge is 0.393 e. The first-order valence-corrected chi connectivity index (χ1v) is 7.04. The van der Waals surface area contributed by atoms with E-state index in [0.29, 0.717) is 6.04 Å². The average Bonchev–Trinajstić information content (AvgIpc) is 2.81. The number of thioether (sulfide) groups is 1. The number of hydrogen-bond acceptors (Lipinski definition) is 5. The Kier molecular flexibility index (Phi) is 4.08.